The van der Waals surface area contributed by atoms with Gasteiger partial charge in [-0.05, 0) is 12.1 Å². The Labute approximate surface area is 120 Å². The number of fused-ring (bicyclic) bond motifs is 1. The summed E-state index contributed by atoms with van der Waals surface area (Å²) in [5, 5.41) is -0.257. The summed E-state index contributed by atoms with van der Waals surface area (Å²) in [7, 11) is -3.29. The first kappa shape index (κ1) is 14.9. The number of halogens is 2. The van der Waals surface area contributed by atoms with Gasteiger partial charge in [0.2, 0.25) is 0 Å². The van der Waals surface area contributed by atoms with Crippen LogP contribution in [0.15, 0.2) is 12.1 Å². The van der Waals surface area contributed by atoms with Crippen molar-refractivity contribution in [1.29, 1.82) is 0 Å². The van der Waals surface area contributed by atoms with Crippen molar-refractivity contribution in [2.45, 2.75) is 6.92 Å². The number of nitrogens with zero attached hydrogens (tertiary/aromatic N) is 1. The molecule has 0 radical (unpaired) electrons. The van der Waals surface area contributed by atoms with Crippen LogP contribution in [0.3, 0.4) is 0 Å². The van der Waals surface area contributed by atoms with Gasteiger partial charge in [0.1, 0.15) is 5.82 Å². The Bertz CT molecular complexity index is 702. The molecule has 8 heteroatoms. The number of carbonyl (C=O) groups excluding carboxylic acids is 2. The summed E-state index contributed by atoms with van der Waals surface area (Å²) >= 11 is 5.57. The smallest absolute Gasteiger partial charge is 0.299 e. The fourth-order valence-electron chi connectivity index (χ4n) is 1.89. The number of sulfone groups is 1. The molecule has 1 aromatic carbocycles. The second-order valence-electron chi connectivity index (χ2n) is 4.31. The maximum Gasteiger partial charge on any atom is 0.299 e. The van der Waals surface area contributed by atoms with E-state index in [0.29, 0.717) is 0 Å². The van der Waals surface area contributed by atoms with Gasteiger partial charge < -0.3 is 4.90 Å². The molecule has 0 saturated carbocycles. The lowest BCUT2D eigenvalue weighted by Crippen LogP contribution is -2.34. The van der Waals surface area contributed by atoms with E-state index in [-0.39, 0.29) is 34.3 Å². The van der Waals surface area contributed by atoms with Crippen molar-refractivity contribution in [2.75, 3.05) is 23.0 Å². The second kappa shape index (κ2) is 5.14. The molecule has 0 N–H and O–H groups in total. The maximum atomic E-state index is 13.4. The number of carbonyl (C=O) groups is 2. The van der Waals surface area contributed by atoms with E-state index in [0.717, 1.165) is 17.0 Å². The Balaban J connectivity index is 2.36. The Hall–Kier alpha value is -1.47. The summed E-state index contributed by atoms with van der Waals surface area (Å²) in [5.41, 5.74) is 0.0588. The first-order chi connectivity index (χ1) is 9.26. The molecular weight excluding hydrogens is 309 g/mol. The van der Waals surface area contributed by atoms with Crippen LogP contribution in [-0.2, 0) is 14.6 Å². The zero-order chi connectivity index (χ0) is 15.1. The van der Waals surface area contributed by atoms with E-state index in [4.69, 9.17) is 11.6 Å². The fraction of sp³-hybridized carbons (Fsp3) is 0.333. The number of Topliss-reactive ketones (excluding diaryl/α,β-unsaturated/α-hetero) is 1. The first-order valence-corrected chi connectivity index (χ1v) is 8.02. The molecule has 0 fully saturated rings. The first-order valence-electron chi connectivity index (χ1n) is 5.82. The largest absolute Gasteiger partial charge is 0.304 e. The molecule has 5 nitrogen and oxygen atoms in total. The van der Waals surface area contributed by atoms with Crippen LogP contribution < -0.4 is 4.90 Å². The van der Waals surface area contributed by atoms with Crippen LogP contribution in [0.2, 0.25) is 5.02 Å². The van der Waals surface area contributed by atoms with Gasteiger partial charge in [-0.1, -0.05) is 18.5 Å². The second-order valence-corrected chi connectivity index (χ2v) is 7.19. The Morgan fingerprint density at radius 1 is 1.30 bits per heavy atom. The number of amides is 1. The van der Waals surface area contributed by atoms with E-state index < -0.39 is 27.3 Å². The highest BCUT2D eigenvalue weighted by Gasteiger charge is 2.37. The van der Waals surface area contributed by atoms with E-state index in [1.54, 1.807) is 0 Å². The highest BCUT2D eigenvalue weighted by atomic mass is 35.5. The molecule has 1 heterocycles. The monoisotopic (exact) mass is 319 g/mol. The SMILES string of the molecule is CCS(=O)(=O)CCN1C(=O)C(=O)c2cc(Cl)c(F)cc21. The van der Waals surface area contributed by atoms with Crippen molar-refractivity contribution < 1.29 is 22.4 Å². The van der Waals surface area contributed by atoms with Gasteiger partial charge in [0.15, 0.2) is 9.84 Å². The minimum Gasteiger partial charge on any atom is -0.304 e. The number of hydrogen-bond donors (Lipinski definition) is 0. The van der Waals surface area contributed by atoms with Crippen molar-refractivity contribution in [3.8, 4) is 0 Å². The van der Waals surface area contributed by atoms with E-state index in [1.807, 2.05) is 0 Å². The molecular formula is C12H11ClFNO4S. The third kappa shape index (κ3) is 2.55. The van der Waals surface area contributed by atoms with Gasteiger partial charge in [-0.15, -0.1) is 0 Å². The normalized spacial score (nSPS) is 14.8. The van der Waals surface area contributed by atoms with Crippen LogP contribution >= 0.6 is 11.6 Å². The van der Waals surface area contributed by atoms with Crippen LogP contribution in [0.1, 0.15) is 17.3 Å². The fourth-order valence-corrected chi connectivity index (χ4v) is 2.80. The minimum absolute atomic E-state index is 0.00436. The maximum absolute atomic E-state index is 13.4. The van der Waals surface area contributed by atoms with Crippen LogP contribution in [0.5, 0.6) is 0 Å². The van der Waals surface area contributed by atoms with E-state index >= 15 is 0 Å². The van der Waals surface area contributed by atoms with Gasteiger partial charge in [0.25, 0.3) is 11.7 Å². The topological polar surface area (TPSA) is 71.5 Å². The average Bonchev–Trinajstić information content (AvgIpc) is 2.61. The molecule has 1 aliphatic heterocycles. The van der Waals surface area contributed by atoms with Gasteiger partial charge in [0.05, 0.1) is 22.0 Å². The van der Waals surface area contributed by atoms with Crippen LogP contribution in [0.4, 0.5) is 10.1 Å². The third-order valence-electron chi connectivity index (χ3n) is 3.08. The summed E-state index contributed by atoms with van der Waals surface area (Å²) in [6.07, 6.45) is 0. The lowest BCUT2D eigenvalue weighted by atomic mass is 10.1. The van der Waals surface area contributed by atoms with Gasteiger partial charge in [-0.3, -0.25) is 9.59 Å². The predicted octanol–water partition coefficient (Wildman–Crippen LogP) is 1.44. The van der Waals surface area contributed by atoms with Crippen molar-refractivity contribution in [1.82, 2.24) is 0 Å². The highest BCUT2D eigenvalue weighted by molar-refractivity contribution is 7.91. The van der Waals surface area contributed by atoms with Crippen molar-refractivity contribution in [3.05, 3.63) is 28.5 Å². The lowest BCUT2D eigenvalue weighted by molar-refractivity contribution is -0.114. The molecule has 0 spiro atoms. The highest BCUT2D eigenvalue weighted by Crippen LogP contribution is 2.32. The molecule has 2 rings (SSSR count). The minimum atomic E-state index is -3.29. The van der Waals surface area contributed by atoms with Crippen molar-refractivity contribution in [3.63, 3.8) is 0 Å². The van der Waals surface area contributed by atoms with Gasteiger partial charge >= 0.3 is 0 Å². The number of hydrogen-bond acceptors (Lipinski definition) is 4. The van der Waals surface area contributed by atoms with Gasteiger partial charge in [0, 0.05) is 12.3 Å². The third-order valence-corrected chi connectivity index (χ3v) is 5.05. The molecule has 0 bridgehead atoms. The molecule has 1 aliphatic rings. The molecule has 1 aromatic rings. The number of benzene rings is 1. The summed E-state index contributed by atoms with van der Waals surface area (Å²) in [6.45, 7) is 1.30. The molecule has 20 heavy (non-hydrogen) atoms. The molecule has 1 amide bonds. The number of anilines is 1. The van der Waals surface area contributed by atoms with Crippen LogP contribution in [0, 0.1) is 5.82 Å². The molecule has 108 valence electrons. The lowest BCUT2D eigenvalue weighted by Gasteiger charge is -2.16. The Morgan fingerprint density at radius 3 is 2.55 bits per heavy atom. The quantitative estimate of drug-likeness (QED) is 0.787. The Kier molecular flexibility index (Phi) is 3.84. The van der Waals surface area contributed by atoms with Gasteiger partial charge in [-0.2, -0.15) is 0 Å². The molecule has 0 aliphatic carbocycles. The zero-order valence-electron chi connectivity index (χ0n) is 10.5. The van der Waals surface area contributed by atoms with Crippen molar-refractivity contribution >= 4 is 38.8 Å². The molecule has 0 unspecified atom stereocenters. The summed E-state index contributed by atoms with van der Waals surface area (Å²) < 4.78 is 36.4. The average molecular weight is 320 g/mol. The molecule has 0 saturated heterocycles. The predicted molar refractivity (Wildman–Crippen MR) is 72.4 cm³/mol. The van der Waals surface area contributed by atoms with E-state index in [2.05, 4.69) is 0 Å². The number of rotatable bonds is 4. The van der Waals surface area contributed by atoms with Crippen LogP contribution in [0.25, 0.3) is 0 Å². The standard InChI is InChI=1S/C12H11ClFNO4S/c1-2-20(18,19)4-3-15-10-6-9(14)8(13)5-7(10)11(16)12(15)17/h5-6H,2-4H2,1H3. The van der Waals surface area contributed by atoms with Crippen molar-refractivity contribution in [2.24, 2.45) is 0 Å². The van der Waals surface area contributed by atoms with E-state index in [1.165, 1.54) is 6.92 Å². The molecule has 0 aromatic heterocycles. The molecule has 0 atom stereocenters. The summed E-state index contributed by atoms with van der Waals surface area (Å²) in [4.78, 5) is 24.5. The van der Waals surface area contributed by atoms with Crippen LogP contribution in [-0.4, -0.2) is 38.2 Å². The Morgan fingerprint density at radius 2 is 1.95 bits per heavy atom. The van der Waals surface area contributed by atoms with E-state index in [9.17, 15) is 22.4 Å². The summed E-state index contributed by atoms with van der Waals surface area (Å²) in [6, 6.07) is 2.06. The zero-order valence-corrected chi connectivity index (χ0v) is 12.1. The number of ketones is 1. The summed E-state index contributed by atoms with van der Waals surface area (Å²) in [5.74, 6) is -2.79. The van der Waals surface area contributed by atoms with Gasteiger partial charge in [-0.25, -0.2) is 12.8 Å².